The summed E-state index contributed by atoms with van der Waals surface area (Å²) in [7, 11) is 0. The van der Waals surface area contributed by atoms with Gasteiger partial charge < -0.3 is 5.32 Å². The van der Waals surface area contributed by atoms with Crippen LogP contribution in [0.4, 0.5) is 5.69 Å². The highest BCUT2D eigenvalue weighted by atomic mass is 79.9. The van der Waals surface area contributed by atoms with Crippen LogP contribution < -0.4 is 5.32 Å². The number of nitriles is 1. The number of nitrogens with zero attached hydrogens (tertiary/aromatic N) is 1. The van der Waals surface area contributed by atoms with Gasteiger partial charge in [-0.25, -0.2) is 0 Å². The minimum Gasteiger partial charge on any atom is -0.367 e. The SMILES string of the molecule is CCC(C#N)Nc1c(Cl)cc(Br)cc1Cl. The van der Waals surface area contributed by atoms with Crippen LogP contribution in [0.5, 0.6) is 0 Å². The Balaban J connectivity index is 3.00. The highest BCUT2D eigenvalue weighted by Gasteiger charge is 2.11. The Morgan fingerprint density at radius 1 is 1.47 bits per heavy atom. The minimum atomic E-state index is -0.277. The molecule has 1 aromatic carbocycles. The normalized spacial score (nSPS) is 11.9. The molecule has 15 heavy (non-hydrogen) atoms. The van der Waals surface area contributed by atoms with Gasteiger partial charge in [-0.3, -0.25) is 0 Å². The zero-order valence-electron chi connectivity index (χ0n) is 8.02. The van der Waals surface area contributed by atoms with E-state index in [9.17, 15) is 0 Å². The molecule has 0 fully saturated rings. The molecule has 0 saturated carbocycles. The van der Waals surface area contributed by atoms with E-state index in [0.717, 1.165) is 4.47 Å². The van der Waals surface area contributed by atoms with Gasteiger partial charge in [0.15, 0.2) is 0 Å². The fourth-order valence-electron chi connectivity index (χ4n) is 1.08. The molecule has 0 aliphatic heterocycles. The van der Waals surface area contributed by atoms with Crippen molar-refractivity contribution in [3.8, 4) is 6.07 Å². The van der Waals surface area contributed by atoms with Crippen LogP contribution in [0.1, 0.15) is 13.3 Å². The summed E-state index contributed by atoms with van der Waals surface area (Å²) in [6.45, 7) is 1.92. The molecule has 0 bridgehead atoms. The summed E-state index contributed by atoms with van der Waals surface area (Å²) >= 11 is 15.3. The van der Waals surface area contributed by atoms with Crippen LogP contribution in [0.3, 0.4) is 0 Å². The molecule has 1 atom stereocenters. The van der Waals surface area contributed by atoms with Crippen molar-refractivity contribution < 1.29 is 0 Å². The van der Waals surface area contributed by atoms with E-state index in [0.29, 0.717) is 22.2 Å². The van der Waals surface area contributed by atoms with Gasteiger partial charge in [0.05, 0.1) is 21.8 Å². The lowest BCUT2D eigenvalue weighted by Gasteiger charge is -2.14. The van der Waals surface area contributed by atoms with Crippen LogP contribution in [0.25, 0.3) is 0 Å². The first-order valence-electron chi connectivity index (χ1n) is 4.39. The molecule has 0 saturated heterocycles. The maximum Gasteiger partial charge on any atom is 0.114 e. The average Bonchev–Trinajstić information content (AvgIpc) is 2.17. The Kier molecular flexibility index (Phi) is 4.72. The van der Waals surface area contributed by atoms with E-state index < -0.39 is 0 Å². The molecule has 0 aromatic heterocycles. The van der Waals surface area contributed by atoms with E-state index in [1.165, 1.54) is 0 Å². The van der Waals surface area contributed by atoms with Crippen LogP contribution >= 0.6 is 39.1 Å². The monoisotopic (exact) mass is 306 g/mol. The topological polar surface area (TPSA) is 35.8 Å². The Labute approximate surface area is 107 Å². The highest BCUT2D eigenvalue weighted by Crippen LogP contribution is 2.34. The number of hydrogen-bond donors (Lipinski definition) is 1. The Morgan fingerprint density at radius 2 is 2.00 bits per heavy atom. The van der Waals surface area contributed by atoms with Gasteiger partial charge in [-0.2, -0.15) is 5.26 Å². The molecule has 0 radical (unpaired) electrons. The van der Waals surface area contributed by atoms with Crippen LogP contribution in [-0.4, -0.2) is 6.04 Å². The molecule has 1 unspecified atom stereocenters. The maximum atomic E-state index is 8.82. The third-order valence-corrected chi connectivity index (χ3v) is 2.94. The van der Waals surface area contributed by atoms with E-state index in [1.54, 1.807) is 12.1 Å². The van der Waals surface area contributed by atoms with Gasteiger partial charge in [-0.1, -0.05) is 46.1 Å². The number of nitrogens with one attached hydrogen (secondary N) is 1. The summed E-state index contributed by atoms with van der Waals surface area (Å²) in [6.07, 6.45) is 0.694. The molecule has 0 aliphatic carbocycles. The summed E-state index contributed by atoms with van der Waals surface area (Å²) < 4.78 is 0.813. The molecule has 0 heterocycles. The zero-order valence-corrected chi connectivity index (χ0v) is 11.1. The molecular weight excluding hydrogens is 299 g/mol. The lowest BCUT2D eigenvalue weighted by atomic mass is 10.2. The predicted octanol–water partition coefficient (Wildman–Crippen LogP) is 4.47. The molecule has 0 amide bonds. The zero-order chi connectivity index (χ0) is 11.4. The van der Waals surface area contributed by atoms with Crippen molar-refractivity contribution >= 4 is 44.8 Å². The van der Waals surface area contributed by atoms with Crippen molar-refractivity contribution in [3.05, 3.63) is 26.7 Å². The van der Waals surface area contributed by atoms with Crippen LogP contribution in [0.2, 0.25) is 10.0 Å². The van der Waals surface area contributed by atoms with Crippen molar-refractivity contribution in [1.82, 2.24) is 0 Å². The van der Waals surface area contributed by atoms with Gasteiger partial charge in [-0.05, 0) is 18.6 Å². The van der Waals surface area contributed by atoms with Gasteiger partial charge in [0, 0.05) is 4.47 Å². The fraction of sp³-hybridized carbons (Fsp3) is 0.300. The third kappa shape index (κ3) is 3.27. The van der Waals surface area contributed by atoms with Gasteiger partial charge in [-0.15, -0.1) is 0 Å². The molecule has 2 nitrogen and oxygen atoms in total. The summed E-state index contributed by atoms with van der Waals surface area (Å²) in [5.74, 6) is 0. The Bertz CT molecular complexity index is 378. The van der Waals surface area contributed by atoms with Crippen molar-refractivity contribution in [2.75, 3.05) is 5.32 Å². The highest BCUT2D eigenvalue weighted by molar-refractivity contribution is 9.10. The summed E-state index contributed by atoms with van der Waals surface area (Å²) in [4.78, 5) is 0. The molecule has 0 spiro atoms. The second kappa shape index (κ2) is 5.60. The fourth-order valence-corrected chi connectivity index (χ4v) is 2.40. The van der Waals surface area contributed by atoms with Crippen LogP contribution in [0, 0.1) is 11.3 Å². The third-order valence-electron chi connectivity index (χ3n) is 1.89. The number of benzene rings is 1. The van der Waals surface area contributed by atoms with Crippen molar-refractivity contribution in [2.24, 2.45) is 0 Å². The minimum absolute atomic E-state index is 0.277. The van der Waals surface area contributed by atoms with E-state index in [-0.39, 0.29) is 6.04 Å². The largest absolute Gasteiger partial charge is 0.367 e. The second-order valence-electron chi connectivity index (χ2n) is 2.98. The molecule has 1 aromatic rings. The molecule has 80 valence electrons. The number of hydrogen-bond acceptors (Lipinski definition) is 2. The van der Waals surface area contributed by atoms with Crippen molar-refractivity contribution in [2.45, 2.75) is 19.4 Å². The number of halogens is 3. The molecule has 0 aliphatic rings. The van der Waals surface area contributed by atoms with Crippen LogP contribution in [0.15, 0.2) is 16.6 Å². The summed E-state index contributed by atoms with van der Waals surface area (Å²) in [5, 5.41) is 12.8. The average molecular weight is 308 g/mol. The van der Waals surface area contributed by atoms with E-state index >= 15 is 0 Å². The lowest BCUT2D eigenvalue weighted by molar-refractivity contribution is 0.845. The van der Waals surface area contributed by atoms with Crippen molar-refractivity contribution in [3.63, 3.8) is 0 Å². The molecule has 5 heteroatoms. The first-order chi connectivity index (χ1) is 7.08. The van der Waals surface area contributed by atoms with E-state index in [4.69, 9.17) is 28.5 Å². The quantitative estimate of drug-likeness (QED) is 0.894. The first-order valence-corrected chi connectivity index (χ1v) is 5.94. The molecule has 1 rings (SSSR count). The van der Waals surface area contributed by atoms with Crippen LogP contribution in [-0.2, 0) is 0 Å². The number of anilines is 1. The van der Waals surface area contributed by atoms with E-state index in [1.807, 2.05) is 6.92 Å². The summed E-state index contributed by atoms with van der Waals surface area (Å²) in [5.41, 5.74) is 0.606. The molecular formula is C10H9BrCl2N2. The predicted molar refractivity (Wildman–Crippen MR) is 67.5 cm³/mol. The number of rotatable bonds is 3. The van der Waals surface area contributed by atoms with E-state index in [2.05, 4.69) is 27.3 Å². The van der Waals surface area contributed by atoms with Gasteiger partial charge in [0.25, 0.3) is 0 Å². The smallest absolute Gasteiger partial charge is 0.114 e. The van der Waals surface area contributed by atoms with Crippen molar-refractivity contribution in [1.29, 1.82) is 5.26 Å². The second-order valence-corrected chi connectivity index (χ2v) is 4.71. The van der Waals surface area contributed by atoms with Gasteiger partial charge >= 0.3 is 0 Å². The first kappa shape index (κ1) is 12.6. The van der Waals surface area contributed by atoms with Gasteiger partial charge in [0.2, 0.25) is 0 Å². The Hall–Kier alpha value is -0.430. The van der Waals surface area contributed by atoms with Gasteiger partial charge in [0.1, 0.15) is 6.04 Å². The maximum absolute atomic E-state index is 8.82. The lowest BCUT2D eigenvalue weighted by Crippen LogP contribution is -2.16. The molecule has 1 N–H and O–H groups in total. The Morgan fingerprint density at radius 3 is 2.40 bits per heavy atom. The summed E-state index contributed by atoms with van der Waals surface area (Å²) in [6, 6.07) is 5.32. The standard InChI is InChI=1S/C10H9BrCl2N2/c1-2-7(5-14)15-10-8(12)3-6(11)4-9(10)13/h3-4,7,15H,2H2,1H3.